The Morgan fingerprint density at radius 1 is 1.10 bits per heavy atom. The second-order valence-corrected chi connectivity index (χ2v) is 10.6. The first-order valence-corrected chi connectivity index (χ1v) is 11.9. The Hall–Kier alpha value is -1.78. The average Bonchev–Trinajstić information content (AvgIpc) is 3.33. The Labute approximate surface area is 178 Å². The van der Waals surface area contributed by atoms with Crippen LogP contribution in [0.3, 0.4) is 0 Å². The van der Waals surface area contributed by atoms with Gasteiger partial charge in [0.15, 0.2) is 0 Å². The van der Waals surface area contributed by atoms with Crippen molar-refractivity contribution in [1.82, 2.24) is 9.21 Å². The van der Waals surface area contributed by atoms with Gasteiger partial charge < -0.3 is 0 Å². The maximum Gasteiger partial charge on any atom is 0.252 e. The van der Waals surface area contributed by atoms with Gasteiger partial charge >= 0.3 is 0 Å². The molecular weight excluding hydrogens is 434 g/mol. The number of benzene rings is 1. The summed E-state index contributed by atoms with van der Waals surface area (Å²) in [5, 5.41) is 2.23. The van der Waals surface area contributed by atoms with Crippen LogP contribution in [0, 0.1) is 6.92 Å². The zero-order chi connectivity index (χ0) is 20.8. The third-order valence-corrected chi connectivity index (χ3v) is 9.02. The van der Waals surface area contributed by atoms with Crippen molar-refractivity contribution in [3.05, 3.63) is 46.3 Å². The first kappa shape index (κ1) is 20.5. The van der Waals surface area contributed by atoms with Gasteiger partial charge in [-0.3, -0.25) is 14.5 Å². The third-order valence-electron chi connectivity index (χ3n) is 5.34. The number of carbonyl (C=O) groups is 2. The van der Waals surface area contributed by atoms with Gasteiger partial charge in [0.25, 0.3) is 15.9 Å². The van der Waals surface area contributed by atoms with Crippen LogP contribution in [0.5, 0.6) is 0 Å². The van der Waals surface area contributed by atoms with Crippen molar-refractivity contribution in [1.29, 1.82) is 0 Å². The number of piperazine rings is 1. The normalized spacial score (nSPS) is 21.9. The van der Waals surface area contributed by atoms with E-state index >= 15 is 0 Å². The standard InChI is InChI=1S/C19H20ClN3O4S2/c1-13-4-5-14(11-15(13)20)23-17(24)12-16(19(23)25)21-6-8-22(9-7-21)29(26,27)18-3-2-10-28-18/h2-5,10-11,16H,6-9,12H2,1H3/t16-/m0/s1. The molecule has 2 aliphatic rings. The Bertz CT molecular complexity index is 1050. The number of aryl methyl sites for hydroxylation is 1. The molecule has 1 aromatic carbocycles. The number of sulfonamides is 1. The van der Waals surface area contributed by atoms with Gasteiger partial charge in [-0.15, -0.1) is 11.3 Å². The number of hydrogen-bond acceptors (Lipinski definition) is 6. The number of carbonyl (C=O) groups excluding carboxylic acids is 2. The van der Waals surface area contributed by atoms with Crippen molar-refractivity contribution in [2.45, 2.75) is 23.6 Å². The summed E-state index contributed by atoms with van der Waals surface area (Å²) >= 11 is 7.34. The lowest BCUT2D eigenvalue weighted by Gasteiger charge is -2.36. The maximum atomic E-state index is 13.0. The molecule has 0 unspecified atom stereocenters. The van der Waals surface area contributed by atoms with Gasteiger partial charge in [0.1, 0.15) is 4.21 Å². The van der Waals surface area contributed by atoms with E-state index in [4.69, 9.17) is 11.6 Å². The fraction of sp³-hybridized carbons (Fsp3) is 0.368. The minimum atomic E-state index is -3.50. The summed E-state index contributed by atoms with van der Waals surface area (Å²) in [6.07, 6.45) is 0.0853. The molecule has 2 aliphatic heterocycles. The van der Waals surface area contributed by atoms with E-state index in [2.05, 4.69) is 0 Å². The summed E-state index contributed by atoms with van der Waals surface area (Å²) in [7, 11) is -3.50. The van der Waals surface area contributed by atoms with Crippen LogP contribution in [-0.4, -0.2) is 61.7 Å². The molecule has 0 bridgehead atoms. The highest BCUT2D eigenvalue weighted by Crippen LogP contribution is 2.30. The summed E-state index contributed by atoms with van der Waals surface area (Å²) in [5.41, 5.74) is 1.34. The lowest BCUT2D eigenvalue weighted by molar-refractivity contribution is -0.123. The first-order chi connectivity index (χ1) is 13.8. The van der Waals surface area contributed by atoms with Gasteiger partial charge in [0.2, 0.25) is 5.91 Å². The number of nitrogens with zero attached hydrogens (tertiary/aromatic N) is 3. The van der Waals surface area contributed by atoms with Crippen LogP contribution in [-0.2, 0) is 19.6 Å². The smallest absolute Gasteiger partial charge is 0.252 e. The second kappa shape index (κ2) is 7.81. The van der Waals surface area contributed by atoms with E-state index < -0.39 is 16.1 Å². The number of amides is 2. The Balaban J connectivity index is 1.46. The molecule has 154 valence electrons. The van der Waals surface area contributed by atoms with Crippen molar-refractivity contribution in [3.63, 3.8) is 0 Å². The number of thiophene rings is 1. The van der Waals surface area contributed by atoms with Crippen LogP contribution in [0.2, 0.25) is 5.02 Å². The second-order valence-electron chi connectivity index (χ2n) is 7.09. The molecule has 4 rings (SSSR count). The highest BCUT2D eigenvalue weighted by molar-refractivity contribution is 7.91. The van der Waals surface area contributed by atoms with Crippen LogP contribution in [0.25, 0.3) is 0 Å². The summed E-state index contributed by atoms with van der Waals surface area (Å²) in [4.78, 5) is 28.6. The van der Waals surface area contributed by atoms with Crippen LogP contribution in [0.15, 0.2) is 39.9 Å². The van der Waals surface area contributed by atoms with Gasteiger partial charge in [-0.2, -0.15) is 4.31 Å². The zero-order valence-electron chi connectivity index (χ0n) is 15.7. The molecule has 0 N–H and O–H groups in total. The molecule has 0 radical (unpaired) electrons. The van der Waals surface area contributed by atoms with Gasteiger partial charge in [-0.25, -0.2) is 13.3 Å². The quantitative estimate of drug-likeness (QED) is 0.664. The van der Waals surface area contributed by atoms with Crippen molar-refractivity contribution in [2.75, 3.05) is 31.1 Å². The number of halogens is 1. The van der Waals surface area contributed by atoms with E-state index in [0.29, 0.717) is 28.0 Å². The van der Waals surface area contributed by atoms with E-state index in [9.17, 15) is 18.0 Å². The minimum Gasteiger partial charge on any atom is -0.289 e. The van der Waals surface area contributed by atoms with E-state index in [1.807, 2.05) is 11.8 Å². The Morgan fingerprint density at radius 2 is 1.83 bits per heavy atom. The topological polar surface area (TPSA) is 78.0 Å². The van der Waals surface area contributed by atoms with Gasteiger partial charge in [-0.05, 0) is 36.1 Å². The lowest BCUT2D eigenvalue weighted by Crippen LogP contribution is -2.53. The molecule has 10 heteroatoms. The van der Waals surface area contributed by atoms with E-state index in [1.165, 1.54) is 20.5 Å². The third kappa shape index (κ3) is 3.73. The molecule has 2 saturated heterocycles. The van der Waals surface area contributed by atoms with Gasteiger partial charge in [0, 0.05) is 31.2 Å². The highest BCUT2D eigenvalue weighted by atomic mass is 35.5. The summed E-state index contributed by atoms with van der Waals surface area (Å²) in [6, 6.07) is 7.85. The first-order valence-electron chi connectivity index (χ1n) is 9.19. The summed E-state index contributed by atoms with van der Waals surface area (Å²) in [5.74, 6) is -0.557. The molecule has 7 nitrogen and oxygen atoms in total. The molecule has 3 heterocycles. The predicted octanol–water partition coefficient (Wildman–Crippen LogP) is 2.35. The van der Waals surface area contributed by atoms with Crippen molar-refractivity contribution >= 4 is 50.5 Å². The summed E-state index contributed by atoms with van der Waals surface area (Å²) < 4.78 is 27.1. The van der Waals surface area contributed by atoms with Gasteiger partial charge in [0.05, 0.1) is 18.2 Å². The fourth-order valence-electron chi connectivity index (χ4n) is 3.69. The largest absolute Gasteiger partial charge is 0.289 e. The van der Waals surface area contributed by atoms with E-state index in [0.717, 1.165) is 5.56 Å². The fourth-order valence-corrected chi connectivity index (χ4v) is 6.43. The van der Waals surface area contributed by atoms with Crippen molar-refractivity contribution in [3.8, 4) is 0 Å². The molecule has 1 aromatic heterocycles. The lowest BCUT2D eigenvalue weighted by atomic mass is 10.2. The average molecular weight is 454 g/mol. The Kier molecular flexibility index (Phi) is 5.52. The highest BCUT2D eigenvalue weighted by Gasteiger charge is 2.44. The SMILES string of the molecule is Cc1ccc(N2C(=O)C[C@H](N3CCN(S(=O)(=O)c4cccs4)CC3)C2=O)cc1Cl. The number of rotatable bonds is 4. The number of anilines is 1. The van der Waals surface area contributed by atoms with E-state index in [-0.39, 0.29) is 31.3 Å². The summed E-state index contributed by atoms with van der Waals surface area (Å²) in [6.45, 7) is 3.23. The molecule has 0 spiro atoms. The van der Waals surface area contributed by atoms with Gasteiger partial charge in [-0.1, -0.05) is 23.7 Å². The van der Waals surface area contributed by atoms with Crippen LogP contribution >= 0.6 is 22.9 Å². The molecule has 0 aliphatic carbocycles. The molecule has 2 fully saturated rings. The molecule has 1 atom stereocenters. The molecule has 2 aromatic rings. The van der Waals surface area contributed by atoms with Crippen LogP contribution in [0.1, 0.15) is 12.0 Å². The number of hydrogen-bond donors (Lipinski definition) is 0. The van der Waals surface area contributed by atoms with Crippen molar-refractivity contribution in [2.24, 2.45) is 0 Å². The van der Waals surface area contributed by atoms with Crippen molar-refractivity contribution < 1.29 is 18.0 Å². The zero-order valence-corrected chi connectivity index (χ0v) is 18.1. The predicted molar refractivity (Wildman–Crippen MR) is 112 cm³/mol. The minimum absolute atomic E-state index is 0.0853. The maximum absolute atomic E-state index is 13.0. The Morgan fingerprint density at radius 3 is 2.45 bits per heavy atom. The molecule has 2 amide bonds. The van der Waals surface area contributed by atoms with Crippen LogP contribution < -0.4 is 4.90 Å². The van der Waals surface area contributed by atoms with Crippen LogP contribution in [0.4, 0.5) is 5.69 Å². The monoisotopic (exact) mass is 453 g/mol. The molecule has 29 heavy (non-hydrogen) atoms. The molecule has 0 saturated carbocycles. The molecular formula is C19H20ClN3O4S2. The number of imide groups is 1. The van der Waals surface area contributed by atoms with E-state index in [1.54, 1.807) is 35.7 Å².